The first-order chi connectivity index (χ1) is 11.0. The predicted molar refractivity (Wildman–Crippen MR) is 89.4 cm³/mol. The van der Waals surface area contributed by atoms with Crippen molar-refractivity contribution in [2.45, 2.75) is 6.92 Å². The fourth-order valence-corrected chi connectivity index (χ4v) is 2.58. The van der Waals surface area contributed by atoms with Crippen LogP contribution >= 0.6 is 15.9 Å². The minimum absolute atomic E-state index is 0.195. The van der Waals surface area contributed by atoms with Crippen LogP contribution in [-0.4, -0.2) is 26.4 Å². The molecule has 3 rings (SSSR count). The Morgan fingerprint density at radius 1 is 1.22 bits per heavy atom. The Kier molecular flexibility index (Phi) is 4.07. The number of rotatable bonds is 3. The lowest BCUT2D eigenvalue weighted by Gasteiger charge is -2.08. The molecule has 0 bridgehead atoms. The zero-order valence-corrected chi connectivity index (χ0v) is 13.7. The van der Waals surface area contributed by atoms with Gasteiger partial charge in [0.15, 0.2) is 5.65 Å². The van der Waals surface area contributed by atoms with Gasteiger partial charge in [-0.05, 0) is 40.2 Å². The number of hydrogen-bond acceptors (Lipinski definition) is 4. The van der Waals surface area contributed by atoms with E-state index in [1.807, 2.05) is 0 Å². The molecular weight excluding hydrogens is 362 g/mol. The van der Waals surface area contributed by atoms with Crippen molar-refractivity contribution in [1.29, 1.82) is 0 Å². The van der Waals surface area contributed by atoms with Crippen LogP contribution in [0.3, 0.4) is 0 Å². The molecule has 0 saturated carbocycles. The van der Waals surface area contributed by atoms with Crippen molar-refractivity contribution in [3.63, 3.8) is 0 Å². The number of nitrogens with zero attached hydrogens (tertiary/aromatic N) is 3. The summed E-state index contributed by atoms with van der Waals surface area (Å²) in [5.74, 6) is -0.500. The number of hydrogen-bond donors (Lipinski definition) is 2. The maximum Gasteiger partial charge on any atom is 0.255 e. The summed E-state index contributed by atoms with van der Waals surface area (Å²) >= 11 is 3.38. The van der Waals surface area contributed by atoms with Crippen LogP contribution in [0.15, 0.2) is 47.3 Å². The summed E-state index contributed by atoms with van der Waals surface area (Å²) in [6.45, 7) is 1.41. The van der Waals surface area contributed by atoms with Gasteiger partial charge in [-0.25, -0.2) is 0 Å². The highest BCUT2D eigenvalue weighted by molar-refractivity contribution is 9.10. The lowest BCUT2D eigenvalue weighted by atomic mass is 10.2. The van der Waals surface area contributed by atoms with Gasteiger partial charge < -0.3 is 10.6 Å². The van der Waals surface area contributed by atoms with E-state index in [1.165, 1.54) is 6.92 Å². The lowest BCUT2D eigenvalue weighted by Crippen LogP contribution is -2.14. The van der Waals surface area contributed by atoms with Crippen LogP contribution in [0.5, 0.6) is 0 Å². The molecule has 0 unspecified atom stereocenters. The number of anilines is 2. The highest BCUT2D eigenvalue weighted by Gasteiger charge is 2.12. The maximum atomic E-state index is 12.4. The molecule has 0 aliphatic heterocycles. The third-order valence-electron chi connectivity index (χ3n) is 3.05. The second-order valence-corrected chi connectivity index (χ2v) is 5.77. The Hall–Kier alpha value is -2.74. The zero-order chi connectivity index (χ0) is 16.4. The molecule has 2 aromatic heterocycles. The molecule has 3 aromatic rings. The molecule has 23 heavy (non-hydrogen) atoms. The van der Waals surface area contributed by atoms with Crippen molar-refractivity contribution in [3.8, 4) is 0 Å². The van der Waals surface area contributed by atoms with E-state index in [0.29, 0.717) is 22.6 Å². The number of nitrogens with one attached hydrogen (secondary N) is 2. The van der Waals surface area contributed by atoms with Crippen molar-refractivity contribution in [3.05, 3.63) is 52.9 Å². The van der Waals surface area contributed by atoms with Gasteiger partial charge in [-0.2, -0.15) is 0 Å². The van der Waals surface area contributed by atoms with Gasteiger partial charge in [0.05, 0.1) is 5.69 Å². The number of aromatic nitrogens is 3. The van der Waals surface area contributed by atoms with Crippen molar-refractivity contribution in [1.82, 2.24) is 14.6 Å². The van der Waals surface area contributed by atoms with Crippen LogP contribution in [0.4, 0.5) is 11.4 Å². The quantitative estimate of drug-likeness (QED) is 0.738. The van der Waals surface area contributed by atoms with Gasteiger partial charge in [-0.3, -0.25) is 14.0 Å². The minimum atomic E-state index is -0.305. The van der Waals surface area contributed by atoms with Crippen LogP contribution in [0.1, 0.15) is 17.3 Å². The van der Waals surface area contributed by atoms with Crippen LogP contribution in [0.25, 0.3) is 5.65 Å². The molecule has 2 amide bonds. The first-order valence-electron chi connectivity index (χ1n) is 6.71. The molecule has 0 atom stereocenters. The summed E-state index contributed by atoms with van der Waals surface area (Å²) in [5, 5.41) is 13.3. The highest BCUT2D eigenvalue weighted by Crippen LogP contribution is 2.22. The molecule has 7 nitrogen and oxygen atoms in total. The van der Waals surface area contributed by atoms with Crippen molar-refractivity contribution < 1.29 is 9.59 Å². The van der Waals surface area contributed by atoms with E-state index in [-0.39, 0.29) is 11.8 Å². The highest BCUT2D eigenvalue weighted by atomic mass is 79.9. The van der Waals surface area contributed by atoms with Crippen LogP contribution in [-0.2, 0) is 4.79 Å². The van der Waals surface area contributed by atoms with E-state index in [9.17, 15) is 9.59 Å². The predicted octanol–water partition coefficient (Wildman–Crippen LogP) is 2.70. The molecule has 0 fully saturated rings. The number of halogens is 1. The van der Waals surface area contributed by atoms with E-state index in [1.54, 1.807) is 47.3 Å². The zero-order valence-electron chi connectivity index (χ0n) is 12.1. The second-order valence-electron chi connectivity index (χ2n) is 4.85. The van der Waals surface area contributed by atoms with Crippen LogP contribution < -0.4 is 10.6 Å². The normalized spacial score (nSPS) is 10.5. The van der Waals surface area contributed by atoms with Crippen molar-refractivity contribution in [2.75, 3.05) is 10.6 Å². The number of carbonyl (C=O) groups is 2. The first-order valence-corrected chi connectivity index (χ1v) is 7.50. The lowest BCUT2D eigenvalue weighted by molar-refractivity contribution is -0.114. The molecule has 0 aliphatic carbocycles. The summed E-state index contributed by atoms with van der Waals surface area (Å²) in [7, 11) is 0. The summed E-state index contributed by atoms with van der Waals surface area (Å²) in [6.07, 6.45) is 3.34. The summed E-state index contributed by atoms with van der Waals surface area (Å²) < 4.78 is 2.49. The summed E-state index contributed by atoms with van der Waals surface area (Å²) in [5.41, 5.74) is 2.06. The molecular formula is C15H12BrN5O2. The molecule has 1 aromatic carbocycles. The Bertz CT molecular complexity index is 906. The minimum Gasteiger partial charge on any atom is -0.326 e. The van der Waals surface area contributed by atoms with Gasteiger partial charge in [0, 0.05) is 28.8 Å². The molecule has 116 valence electrons. The van der Waals surface area contributed by atoms with Crippen LogP contribution in [0, 0.1) is 0 Å². The van der Waals surface area contributed by atoms with Gasteiger partial charge >= 0.3 is 0 Å². The number of pyridine rings is 1. The Balaban J connectivity index is 1.89. The van der Waals surface area contributed by atoms with Gasteiger partial charge in [0.2, 0.25) is 5.91 Å². The number of amides is 2. The topological polar surface area (TPSA) is 88.4 Å². The Labute approximate surface area is 139 Å². The molecule has 0 aliphatic rings. The van der Waals surface area contributed by atoms with Crippen molar-refractivity contribution >= 4 is 44.8 Å². The average Bonchev–Trinajstić information content (AvgIpc) is 2.95. The third-order valence-corrected chi connectivity index (χ3v) is 3.49. The van der Waals surface area contributed by atoms with Crippen molar-refractivity contribution in [2.24, 2.45) is 0 Å². The number of benzene rings is 1. The van der Waals surface area contributed by atoms with Gasteiger partial charge in [-0.15, -0.1) is 10.2 Å². The Morgan fingerprint density at radius 2 is 2.04 bits per heavy atom. The fourth-order valence-electron chi connectivity index (χ4n) is 2.13. The van der Waals surface area contributed by atoms with Gasteiger partial charge in [0.25, 0.3) is 5.91 Å². The van der Waals surface area contributed by atoms with E-state index < -0.39 is 0 Å². The van der Waals surface area contributed by atoms with E-state index in [2.05, 4.69) is 36.8 Å². The first kappa shape index (κ1) is 15.2. The smallest absolute Gasteiger partial charge is 0.255 e. The maximum absolute atomic E-state index is 12.4. The molecule has 0 saturated heterocycles. The van der Waals surface area contributed by atoms with Gasteiger partial charge in [-0.1, -0.05) is 6.07 Å². The third kappa shape index (κ3) is 3.37. The fraction of sp³-hybridized carbons (Fsp3) is 0.0667. The van der Waals surface area contributed by atoms with E-state index in [4.69, 9.17) is 0 Å². The number of fused-ring (bicyclic) bond motifs is 1. The SMILES string of the molecule is CC(=O)Nc1cccc(C(=O)Nc2cc(Br)cn3cnnc23)c1. The van der Waals surface area contributed by atoms with E-state index in [0.717, 1.165) is 4.47 Å². The van der Waals surface area contributed by atoms with E-state index >= 15 is 0 Å². The molecule has 0 spiro atoms. The molecule has 2 heterocycles. The van der Waals surface area contributed by atoms with Gasteiger partial charge in [0.1, 0.15) is 6.33 Å². The monoisotopic (exact) mass is 373 g/mol. The average molecular weight is 374 g/mol. The largest absolute Gasteiger partial charge is 0.326 e. The summed E-state index contributed by atoms with van der Waals surface area (Å²) in [4.78, 5) is 23.5. The molecule has 8 heteroatoms. The Morgan fingerprint density at radius 3 is 2.83 bits per heavy atom. The summed E-state index contributed by atoms with van der Waals surface area (Å²) in [6, 6.07) is 8.44. The van der Waals surface area contributed by atoms with Crippen LogP contribution in [0.2, 0.25) is 0 Å². The molecule has 0 radical (unpaired) electrons. The standard InChI is InChI=1S/C15H12BrN5O2/c1-9(22)18-12-4-2-3-10(5-12)15(23)19-13-6-11(16)7-21-8-17-20-14(13)21/h2-8H,1H3,(H,18,22)(H,19,23). The molecule has 2 N–H and O–H groups in total. The second kappa shape index (κ2) is 6.17. The number of carbonyl (C=O) groups excluding carboxylic acids is 2.